The summed E-state index contributed by atoms with van der Waals surface area (Å²) in [7, 11) is 1.91. The lowest BCUT2D eigenvalue weighted by atomic mass is 10.0. The summed E-state index contributed by atoms with van der Waals surface area (Å²) in [6.07, 6.45) is 13.6. The molecule has 2 unspecified atom stereocenters. The lowest BCUT2D eigenvalue weighted by molar-refractivity contribution is -0.145. The van der Waals surface area contributed by atoms with Gasteiger partial charge in [-0.25, -0.2) is 4.99 Å². The van der Waals surface area contributed by atoms with Crippen molar-refractivity contribution in [2.75, 3.05) is 33.4 Å². The van der Waals surface area contributed by atoms with E-state index in [-0.39, 0.29) is 18.4 Å². The number of carbonyl (C=O) groups excluding carboxylic acids is 2. The number of amides is 1. The summed E-state index contributed by atoms with van der Waals surface area (Å²) in [4.78, 5) is 33.5. The van der Waals surface area contributed by atoms with Crippen LogP contribution in [0, 0.1) is 11.8 Å². The summed E-state index contributed by atoms with van der Waals surface area (Å²) in [5.41, 5.74) is 7.86. The van der Waals surface area contributed by atoms with Crippen LogP contribution in [0.2, 0.25) is 0 Å². The normalized spacial score (nSPS) is 21.0. The van der Waals surface area contributed by atoms with E-state index in [0.29, 0.717) is 49.3 Å². The Bertz CT molecular complexity index is 997. The molecule has 39 heavy (non-hydrogen) atoms. The van der Waals surface area contributed by atoms with Gasteiger partial charge in [-0.2, -0.15) is 0 Å². The number of alkyl halides is 1. The fourth-order valence-corrected chi connectivity index (χ4v) is 6.69. The van der Waals surface area contributed by atoms with Gasteiger partial charge in [0.25, 0.3) is 0 Å². The van der Waals surface area contributed by atoms with E-state index in [2.05, 4.69) is 20.9 Å². The summed E-state index contributed by atoms with van der Waals surface area (Å²) in [6, 6.07) is 5.70. The fraction of sp³-hybridized carbons (Fsp3) is 0.700. The standard InChI is InChI=1S/C30H45BrN4O4/c1-34(15-5-4-9-22-7-2-3-8-22)28(36)10-6-16-38-26-13-14-27-24(18-26)19-35(30(32)33-27)20-29(37)39-21-23-11-12-25(31)17-23/h13-14,18,22-23,25H,2-12,15-17,19-21H2,1H3,(H2,32,33). The molecular formula is C30H45BrN4O4. The monoisotopic (exact) mass is 604 g/mol. The first-order valence-corrected chi connectivity index (χ1v) is 15.7. The maximum absolute atomic E-state index is 12.5. The molecule has 0 spiro atoms. The van der Waals surface area contributed by atoms with Crippen LogP contribution in [0.1, 0.15) is 82.6 Å². The Kier molecular flexibility index (Phi) is 11.4. The molecule has 2 aliphatic carbocycles. The number of unbranched alkanes of at least 4 members (excludes halogenated alkanes) is 1. The van der Waals surface area contributed by atoms with Crippen LogP contribution >= 0.6 is 15.9 Å². The number of benzene rings is 1. The van der Waals surface area contributed by atoms with Crippen LogP contribution in [0.25, 0.3) is 0 Å². The van der Waals surface area contributed by atoms with Crippen LogP contribution in [0.15, 0.2) is 23.2 Å². The van der Waals surface area contributed by atoms with Crippen molar-refractivity contribution in [1.29, 1.82) is 0 Å². The van der Waals surface area contributed by atoms with Crippen molar-refractivity contribution in [1.82, 2.24) is 9.80 Å². The van der Waals surface area contributed by atoms with Crippen molar-refractivity contribution in [2.45, 2.75) is 88.4 Å². The van der Waals surface area contributed by atoms with Crippen molar-refractivity contribution in [3.05, 3.63) is 23.8 Å². The van der Waals surface area contributed by atoms with Gasteiger partial charge in [0.1, 0.15) is 12.3 Å². The van der Waals surface area contributed by atoms with E-state index in [4.69, 9.17) is 15.2 Å². The molecule has 8 nitrogen and oxygen atoms in total. The number of nitrogens with two attached hydrogens (primary N) is 1. The largest absolute Gasteiger partial charge is 0.494 e. The van der Waals surface area contributed by atoms with Crippen molar-refractivity contribution >= 4 is 39.5 Å². The molecule has 216 valence electrons. The summed E-state index contributed by atoms with van der Waals surface area (Å²) >= 11 is 3.64. The quantitative estimate of drug-likeness (QED) is 0.170. The third-order valence-electron chi connectivity index (χ3n) is 8.31. The minimum atomic E-state index is -0.287. The van der Waals surface area contributed by atoms with Gasteiger partial charge in [0.05, 0.1) is 18.9 Å². The summed E-state index contributed by atoms with van der Waals surface area (Å²) < 4.78 is 11.5. The highest BCUT2D eigenvalue weighted by Crippen LogP contribution is 2.32. The van der Waals surface area contributed by atoms with Gasteiger partial charge in [0, 0.05) is 36.9 Å². The Morgan fingerprint density at radius 3 is 2.72 bits per heavy atom. The van der Waals surface area contributed by atoms with Gasteiger partial charge in [-0.15, -0.1) is 0 Å². The second-order valence-electron chi connectivity index (χ2n) is 11.5. The molecule has 1 amide bonds. The first-order chi connectivity index (χ1) is 18.9. The number of aliphatic imine (C=N–C) groups is 1. The predicted molar refractivity (Wildman–Crippen MR) is 157 cm³/mol. The molecule has 0 aromatic heterocycles. The predicted octanol–water partition coefficient (Wildman–Crippen LogP) is 5.53. The molecule has 2 N–H and O–H groups in total. The first-order valence-electron chi connectivity index (χ1n) is 14.8. The highest BCUT2D eigenvalue weighted by atomic mass is 79.9. The zero-order chi connectivity index (χ0) is 27.6. The highest BCUT2D eigenvalue weighted by Gasteiger charge is 2.25. The maximum Gasteiger partial charge on any atom is 0.325 e. The molecule has 0 radical (unpaired) electrons. The van der Waals surface area contributed by atoms with Gasteiger partial charge in [0.15, 0.2) is 5.96 Å². The average Bonchev–Trinajstić information content (AvgIpc) is 3.60. The molecule has 1 aromatic rings. The Balaban J connectivity index is 1.14. The van der Waals surface area contributed by atoms with E-state index in [9.17, 15) is 9.59 Å². The summed E-state index contributed by atoms with van der Waals surface area (Å²) in [5, 5.41) is 0. The maximum atomic E-state index is 12.5. The number of carbonyl (C=O) groups is 2. The van der Waals surface area contributed by atoms with Crippen LogP contribution < -0.4 is 10.5 Å². The van der Waals surface area contributed by atoms with Crippen molar-refractivity contribution < 1.29 is 19.1 Å². The van der Waals surface area contributed by atoms with Crippen LogP contribution in [-0.4, -0.2) is 65.8 Å². The zero-order valence-corrected chi connectivity index (χ0v) is 25.0. The van der Waals surface area contributed by atoms with Gasteiger partial charge >= 0.3 is 5.97 Å². The average molecular weight is 606 g/mol. The molecule has 9 heteroatoms. The number of hydrogen-bond donors (Lipinski definition) is 1. The Labute approximate surface area is 241 Å². The molecule has 4 rings (SSSR count). The smallest absolute Gasteiger partial charge is 0.325 e. The van der Waals surface area contributed by atoms with E-state index in [1.807, 2.05) is 30.1 Å². The molecule has 2 fully saturated rings. The van der Waals surface area contributed by atoms with Crippen LogP contribution in [0.4, 0.5) is 5.69 Å². The highest BCUT2D eigenvalue weighted by molar-refractivity contribution is 9.09. The van der Waals surface area contributed by atoms with E-state index in [1.165, 1.54) is 38.5 Å². The third kappa shape index (κ3) is 9.40. The van der Waals surface area contributed by atoms with Crippen molar-refractivity contribution in [3.8, 4) is 5.75 Å². The number of hydrogen-bond acceptors (Lipinski definition) is 7. The molecule has 0 saturated heterocycles. The van der Waals surface area contributed by atoms with Crippen LogP contribution in [0.5, 0.6) is 5.75 Å². The second kappa shape index (κ2) is 14.9. The molecule has 3 aliphatic rings. The number of guanidine groups is 1. The third-order valence-corrected chi connectivity index (χ3v) is 9.14. The van der Waals surface area contributed by atoms with Gasteiger partial charge in [0.2, 0.25) is 5.91 Å². The number of fused-ring (bicyclic) bond motifs is 1. The van der Waals surface area contributed by atoms with E-state index >= 15 is 0 Å². The second-order valence-corrected chi connectivity index (χ2v) is 12.8. The molecule has 1 aromatic carbocycles. The summed E-state index contributed by atoms with van der Waals surface area (Å²) in [5.74, 6) is 2.28. The van der Waals surface area contributed by atoms with E-state index in [1.54, 1.807) is 4.90 Å². The van der Waals surface area contributed by atoms with E-state index in [0.717, 1.165) is 55.1 Å². The number of esters is 1. The van der Waals surface area contributed by atoms with Gasteiger partial charge in [-0.3, -0.25) is 9.59 Å². The molecular weight excluding hydrogens is 560 g/mol. The van der Waals surface area contributed by atoms with Gasteiger partial charge in [-0.05, 0) is 62.1 Å². The van der Waals surface area contributed by atoms with Crippen molar-refractivity contribution in [2.24, 2.45) is 22.6 Å². The molecule has 2 atom stereocenters. The molecule has 0 bridgehead atoms. The SMILES string of the molecule is CN(CCCCC1CCCC1)C(=O)CCCOc1ccc2c(c1)CN(CC(=O)OCC1CCC(Br)C1)C(N)=N2. The lowest BCUT2D eigenvalue weighted by Gasteiger charge is -2.27. The van der Waals surface area contributed by atoms with E-state index < -0.39 is 0 Å². The zero-order valence-electron chi connectivity index (χ0n) is 23.4. The van der Waals surface area contributed by atoms with Gasteiger partial charge < -0.3 is 25.0 Å². The Morgan fingerprint density at radius 1 is 1.13 bits per heavy atom. The molecule has 1 heterocycles. The molecule has 2 saturated carbocycles. The number of ether oxygens (including phenoxy) is 2. The number of nitrogens with zero attached hydrogens (tertiary/aromatic N) is 3. The Hall–Kier alpha value is -2.29. The van der Waals surface area contributed by atoms with Gasteiger partial charge in [-0.1, -0.05) is 54.5 Å². The number of halogens is 1. The topological polar surface area (TPSA) is 97.5 Å². The minimum absolute atomic E-state index is 0.0700. The summed E-state index contributed by atoms with van der Waals surface area (Å²) in [6.45, 7) is 2.30. The van der Waals surface area contributed by atoms with Crippen LogP contribution in [0.3, 0.4) is 0 Å². The Morgan fingerprint density at radius 2 is 1.95 bits per heavy atom. The van der Waals surface area contributed by atoms with Crippen molar-refractivity contribution in [3.63, 3.8) is 0 Å². The molecule has 1 aliphatic heterocycles. The first kappa shape index (κ1) is 29.7. The van der Waals surface area contributed by atoms with Crippen LogP contribution in [-0.2, 0) is 20.9 Å². The lowest BCUT2D eigenvalue weighted by Crippen LogP contribution is -2.42. The fourth-order valence-electron chi connectivity index (χ4n) is 5.89. The number of rotatable bonds is 14. The minimum Gasteiger partial charge on any atom is -0.494 e.